The molecular formula is C13H20ClN3O. The molecule has 1 fully saturated rings. The molecule has 4 nitrogen and oxygen atoms in total. The maximum atomic E-state index is 6.05. The van der Waals surface area contributed by atoms with Crippen molar-refractivity contribution in [1.82, 2.24) is 9.97 Å². The van der Waals surface area contributed by atoms with E-state index in [9.17, 15) is 0 Å². The van der Waals surface area contributed by atoms with E-state index in [0.29, 0.717) is 22.3 Å². The molecule has 1 aliphatic carbocycles. The van der Waals surface area contributed by atoms with E-state index >= 15 is 0 Å². The monoisotopic (exact) mass is 269 g/mol. The fraction of sp³-hybridized carbons (Fsp3) is 0.692. The summed E-state index contributed by atoms with van der Waals surface area (Å²) in [5.41, 5.74) is 0.436. The lowest BCUT2D eigenvalue weighted by Crippen LogP contribution is -2.28. The van der Waals surface area contributed by atoms with Crippen LogP contribution in [-0.4, -0.2) is 23.1 Å². The van der Waals surface area contributed by atoms with Crippen LogP contribution in [0.4, 0.5) is 5.95 Å². The van der Waals surface area contributed by atoms with Crippen LogP contribution in [0.1, 0.15) is 39.5 Å². The third kappa shape index (κ3) is 3.25. The van der Waals surface area contributed by atoms with Gasteiger partial charge in [0.1, 0.15) is 11.1 Å². The van der Waals surface area contributed by atoms with Crippen LogP contribution in [0.5, 0.6) is 5.88 Å². The first kappa shape index (κ1) is 13.4. The number of halogens is 1. The number of ether oxygens (including phenoxy) is 1. The molecular weight excluding hydrogens is 250 g/mol. The number of aromatic nitrogens is 2. The van der Waals surface area contributed by atoms with Crippen LogP contribution in [0.25, 0.3) is 0 Å². The molecule has 1 aliphatic rings. The highest BCUT2D eigenvalue weighted by Crippen LogP contribution is 2.37. The SMILES string of the molecule is CNc1ncc(Cl)c(OC2CCC(C)(C)CC2)n1. The molecule has 0 bridgehead atoms. The predicted molar refractivity (Wildman–Crippen MR) is 73.3 cm³/mol. The van der Waals surface area contributed by atoms with Gasteiger partial charge < -0.3 is 10.1 Å². The van der Waals surface area contributed by atoms with Crippen molar-refractivity contribution in [3.05, 3.63) is 11.2 Å². The molecule has 1 heterocycles. The Bertz CT molecular complexity index is 413. The van der Waals surface area contributed by atoms with E-state index in [1.54, 1.807) is 13.2 Å². The minimum atomic E-state index is 0.218. The third-order valence-corrected chi connectivity index (χ3v) is 3.76. The van der Waals surface area contributed by atoms with E-state index in [-0.39, 0.29) is 6.10 Å². The first-order chi connectivity index (χ1) is 8.50. The van der Waals surface area contributed by atoms with E-state index < -0.39 is 0 Å². The van der Waals surface area contributed by atoms with Crippen LogP contribution in [0, 0.1) is 5.41 Å². The maximum Gasteiger partial charge on any atom is 0.237 e. The smallest absolute Gasteiger partial charge is 0.237 e. The minimum Gasteiger partial charge on any atom is -0.473 e. The molecule has 1 aromatic heterocycles. The second kappa shape index (κ2) is 5.31. The summed E-state index contributed by atoms with van der Waals surface area (Å²) in [7, 11) is 1.77. The second-order valence-electron chi connectivity index (χ2n) is 5.58. The van der Waals surface area contributed by atoms with E-state index in [1.165, 1.54) is 12.8 Å². The summed E-state index contributed by atoms with van der Waals surface area (Å²) in [5, 5.41) is 3.36. The quantitative estimate of drug-likeness (QED) is 0.912. The standard InChI is InChI=1S/C13H20ClN3O/c1-13(2)6-4-9(5-7-13)18-11-10(14)8-16-12(15-3)17-11/h8-9H,4-7H2,1-3H3,(H,15,16,17). The van der Waals surface area contributed by atoms with Gasteiger partial charge in [0.25, 0.3) is 0 Å². The highest BCUT2D eigenvalue weighted by molar-refractivity contribution is 6.31. The van der Waals surface area contributed by atoms with Gasteiger partial charge in [-0.25, -0.2) is 4.98 Å². The summed E-state index contributed by atoms with van der Waals surface area (Å²) in [5.74, 6) is 1.02. The van der Waals surface area contributed by atoms with E-state index in [4.69, 9.17) is 16.3 Å². The highest BCUT2D eigenvalue weighted by Gasteiger charge is 2.28. The van der Waals surface area contributed by atoms with Gasteiger partial charge >= 0.3 is 0 Å². The summed E-state index contributed by atoms with van der Waals surface area (Å²) in [6, 6.07) is 0. The molecule has 1 N–H and O–H groups in total. The lowest BCUT2D eigenvalue weighted by atomic mass is 9.76. The van der Waals surface area contributed by atoms with Gasteiger partial charge in [-0.05, 0) is 31.1 Å². The Morgan fingerprint density at radius 3 is 2.67 bits per heavy atom. The zero-order valence-electron chi connectivity index (χ0n) is 11.2. The Hall–Kier alpha value is -1.03. The number of hydrogen-bond acceptors (Lipinski definition) is 4. The summed E-state index contributed by atoms with van der Waals surface area (Å²) in [6.07, 6.45) is 6.26. The van der Waals surface area contributed by atoms with Crippen LogP contribution < -0.4 is 10.1 Å². The summed E-state index contributed by atoms with van der Waals surface area (Å²) >= 11 is 6.05. The number of hydrogen-bond donors (Lipinski definition) is 1. The van der Waals surface area contributed by atoms with Gasteiger partial charge in [0, 0.05) is 7.05 Å². The topological polar surface area (TPSA) is 47.0 Å². The molecule has 1 saturated carbocycles. The molecule has 2 rings (SSSR count). The molecule has 5 heteroatoms. The van der Waals surface area contributed by atoms with Crippen molar-refractivity contribution >= 4 is 17.5 Å². The third-order valence-electron chi connectivity index (χ3n) is 3.50. The normalized spacial score (nSPS) is 19.6. The van der Waals surface area contributed by atoms with Crippen LogP contribution in [0.2, 0.25) is 5.02 Å². The highest BCUT2D eigenvalue weighted by atomic mass is 35.5. The van der Waals surface area contributed by atoms with Crippen LogP contribution >= 0.6 is 11.6 Å². The maximum absolute atomic E-state index is 6.05. The Balaban J connectivity index is 2.01. The van der Waals surface area contributed by atoms with Crippen molar-refractivity contribution in [2.75, 3.05) is 12.4 Å². The summed E-state index contributed by atoms with van der Waals surface area (Å²) in [6.45, 7) is 4.61. The molecule has 0 atom stereocenters. The van der Waals surface area contributed by atoms with Crippen molar-refractivity contribution in [3.8, 4) is 5.88 Å². The van der Waals surface area contributed by atoms with Crippen LogP contribution in [0.15, 0.2) is 6.20 Å². The second-order valence-corrected chi connectivity index (χ2v) is 5.99. The Morgan fingerprint density at radius 1 is 1.39 bits per heavy atom. The number of nitrogens with one attached hydrogen (secondary N) is 1. The molecule has 0 saturated heterocycles. The number of nitrogens with zero attached hydrogens (tertiary/aromatic N) is 2. The predicted octanol–water partition coefficient (Wildman–Crippen LogP) is 3.52. The molecule has 18 heavy (non-hydrogen) atoms. The molecule has 0 radical (unpaired) electrons. The van der Waals surface area contributed by atoms with Gasteiger partial charge in [-0.3, -0.25) is 0 Å². The number of rotatable bonds is 3. The van der Waals surface area contributed by atoms with Crippen molar-refractivity contribution in [2.45, 2.75) is 45.6 Å². The molecule has 0 aliphatic heterocycles. The van der Waals surface area contributed by atoms with Gasteiger partial charge in [-0.1, -0.05) is 25.4 Å². The van der Waals surface area contributed by atoms with E-state index in [1.807, 2.05) is 0 Å². The average molecular weight is 270 g/mol. The van der Waals surface area contributed by atoms with Crippen molar-refractivity contribution < 1.29 is 4.74 Å². The average Bonchev–Trinajstić information content (AvgIpc) is 2.34. The molecule has 1 aromatic rings. The molecule has 0 unspecified atom stereocenters. The summed E-state index contributed by atoms with van der Waals surface area (Å²) in [4.78, 5) is 8.28. The molecule has 0 aromatic carbocycles. The number of anilines is 1. The van der Waals surface area contributed by atoms with Gasteiger partial charge in [0.2, 0.25) is 11.8 Å². The van der Waals surface area contributed by atoms with Crippen molar-refractivity contribution in [1.29, 1.82) is 0 Å². The largest absolute Gasteiger partial charge is 0.473 e. The minimum absolute atomic E-state index is 0.218. The fourth-order valence-corrected chi connectivity index (χ4v) is 2.34. The zero-order valence-corrected chi connectivity index (χ0v) is 11.9. The van der Waals surface area contributed by atoms with E-state index in [2.05, 4.69) is 29.1 Å². The van der Waals surface area contributed by atoms with Crippen molar-refractivity contribution in [3.63, 3.8) is 0 Å². The first-order valence-corrected chi connectivity index (χ1v) is 6.75. The van der Waals surface area contributed by atoms with Gasteiger partial charge in [0.05, 0.1) is 6.20 Å². The lowest BCUT2D eigenvalue weighted by Gasteiger charge is -2.34. The molecule has 0 spiro atoms. The first-order valence-electron chi connectivity index (χ1n) is 6.37. The molecule has 0 amide bonds. The van der Waals surface area contributed by atoms with Gasteiger partial charge in [-0.15, -0.1) is 0 Å². The van der Waals surface area contributed by atoms with Gasteiger partial charge in [0.15, 0.2) is 0 Å². The van der Waals surface area contributed by atoms with Crippen LogP contribution in [-0.2, 0) is 0 Å². The Labute approximate surface area is 113 Å². The zero-order chi connectivity index (χ0) is 13.2. The lowest BCUT2D eigenvalue weighted by molar-refractivity contribution is 0.0950. The van der Waals surface area contributed by atoms with E-state index in [0.717, 1.165) is 12.8 Å². The molecule has 100 valence electrons. The summed E-state index contributed by atoms with van der Waals surface area (Å²) < 4.78 is 5.90. The van der Waals surface area contributed by atoms with Crippen LogP contribution in [0.3, 0.4) is 0 Å². The Morgan fingerprint density at radius 2 is 2.06 bits per heavy atom. The van der Waals surface area contributed by atoms with Crippen molar-refractivity contribution in [2.24, 2.45) is 5.41 Å². The van der Waals surface area contributed by atoms with Gasteiger partial charge in [-0.2, -0.15) is 4.98 Å². The Kier molecular flexibility index (Phi) is 3.95. The fourth-order valence-electron chi connectivity index (χ4n) is 2.20.